The number of rotatable bonds is 5. The molecule has 2 heterocycles. The molecule has 1 unspecified atom stereocenters. The highest BCUT2D eigenvalue weighted by Gasteiger charge is 2.20. The second-order valence-electron chi connectivity index (χ2n) is 3.84. The van der Waals surface area contributed by atoms with Gasteiger partial charge in [-0.05, 0) is 31.2 Å². The van der Waals surface area contributed by atoms with Crippen LogP contribution in [0.25, 0.3) is 0 Å². The molecular formula is C12H14ClNO2S. The Labute approximate surface area is 109 Å². The van der Waals surface area contributed by atoms with Gasteiger partial charge in [0.25, 0.3) is 0 Å². The standard InChI is InChI=1S/C12H14ClNO2S/c1-8(7-15)14-12(9-3-2-6-16-9)10-4-5-11(13)17-10/h2-6,8,12,14-15H,7H2,1H3/t8-,12?/m1/s1. The molecule has 2 aromatic heterocycles. The van der Waals surface area contributed by atoms with Crippen LogP contribution in [0.15, 0.2) is 34.9 Å². The molecule has 0 radical (unpaired) electrons. The third kappa shape index (κ3) is 3.10. The van der Waals surface area contributed by atoms with Crippen LogP contribution in [-0.4, -0.2) is 17.8 Å². The van der Waals surface area contributed by atoms with Gasteiger partial charge in [-0.15, -0.1) is 11.3 Å². The van der Waals surface area contributed by atoms with Crippen LogP contribution in [0.4, 0.5) is 0 Å². The summed E-state index contributed by atoms with van der Waals surface area (Å²) in [5.41, 5.74) is 0. The van der Waals surface area contributed by atoms with E-state index in [1.807, 2.05) is 31.2 Å². The lowest BCUT2D eigenvalue weighted by Crippen LogP contribution is -2.33. The highest BCUT2D eigenvalue weighted by molar-refractivity contribution is 7.16. The first kappa shape index (κ1) is 12.6. The quantitative estimate of drug-likeness (QED) is 0.879. The van der Waals surface area contributed by atoms with E-state index in [2.05, 4.69) is 5.32 Å². The first-order chi connectivity index (χ1) is 8.20. The van der Waals surface area contributed by atoms with E-state index in [4.69, 9.17) is 21.1 Å². The highest BCUT2D eigenvalue weighted by atomic mass is 35.5. The molecule has 92 valence electrons. The van der Waals surface area contributed by atoms with Gasteiger partial charge >= 0.3 is 0 Å². The molecule has 0 aliphatic carbocycles. The van der Waals surface area contributed by atoms with Crippen molar-refractivity contribution in [3.05, 3.63) is 45.5 Å². The Balaban J connectivity index is 2.24. The van der Waals surface area contributed by atoms with Crippen LogP contribution in [0.3, 0.4) is 0 Å². The van der Waals surface area contributed by atoms with Crippen molar-refractivity contribution >= 4 is 22.9 Å². The molecule has 17 heavy (non-hydrogen) atoms. The zero-order valence-electron chi connectivity index (χ0n) is 9.39. The maximum absolute atomic E-state index is 9.12. The van der Waals surface area contributed by atoms with E-state index in [0.717, 1.165) is 15.0 Å². The molecule has 0 aromatic carbocycles. The number of halogens is 1. The van der Waals surface area contributed by atoms with E-state index in [1.54, 1.807) is 6.26 Å². The van der Waals surface area contributed by atoms with Gasteiger partial charge in [-0.25, -0.2) is 0 Å². The molecular weight excluding hydrogens is 258 g/mol. The van der Waals surface area contributed by atoms with Crippen LogP contribution in [-0.2, 0) is 0 Å². The molecule has 0 aliphatic heterocycles. The van der Waals surface area contributed by atoms with Gasteiger partial charge in [-0.3, -0.25) is 5.32 Å². The number of hydrogen-bond acceptors (Lipinski definition) is 4. The number of nitrogens with one attached hydrogen (secondary N) is 1. The Morgan fingerprint density at radius 3 is 2.82 bits per heavy atom. The third-order valence-corrected chi connectivity index (χ3v) is 3.73. The van der Waals surface area contributed by atoms with Gasteiger partial charge in [0.1, 0.15) is 11.8 Å². The molecule has 2 aromatic rings. The van der Waals surface area contributed by atoms with Crippen molar-refractivity contribution in [2.75, 3.05) is 6.61 Å². The van der Waals surface area contributed by atoms with E-state index >= 15 is 0 Å². The molecule has 2 atom stereocenters. The predicted octanol–water partition coefficient (Wildman–Crippen LogP) is 3.05. The van der Waals surface area contributed by atoms with Crippen LogP contribution in [0.5, 0.6) is 0 Å². The SMILES string of the molecule is C[C@H](CO)NC(c1ccco1)c1ccc(Cl)s1. The summed E-state index contributed by atoms with van der Waals surface area (Å²) in [6.07, 6.45) is 1.64. The molecule has 0 spiro atoms. The molecule has 0 fully saturated rings. The summed E-state index contributed by atoms with van der Waals surface area (Å²) < 4.78 is 6.17. The minimum absolute atomic E-state index is 0.00836. The summed E-state index contributed by atoms with van der Waals surface area (Å²) in [5.74, 6) is 0.823. The average molecular weight is 272 g/mol. The second kappa shape index (κ2) is 5.69. The molecule has 3 nitrogen and oxygen atoms in total. The minimum Gasteiger partial charge on any atom is -0.467 e. The van der Waals surface area contributed by atoms with Gasteiger partial charge in [0.15, 0.2) is 0 Å². The normalized spacial score (nSPS) is 14.8. The maximum atomic E-state index is 9.12. The van der Waals surface area contributed by atoms with Crippen LogP contribution >= 0.6 is 22.9 Å². The van der Waals surface area contributed by atoms with Crippen LogP contribution in [0, 0.1) is 0 Å². The third-order valence-electron chi connectivity index (χ3n) is 2.43. The first-order valence-corrected chi connectivity index (χ1v) is 6.55. The van der Waals surface area contributed by atoms with Crippen LogP contribution in [0.2, 0.25) is 4.34 Å². The molecule has 0 aliphatic rings. The largest absolute Gasteiger partial charge is 0.467 e. The van der Waals surface area contributed by atoms with Gasteiger partial charge in [0, 0.05) is 10.9 Å². The number of aliphatic hydroxyl groups is 1. The van der Waals surface area contributed by atoms with Gasteiger partial charge in [-0.1, -0.05) is 11.6 Å². The smallest absolute Gasteiger partial charge is 0.126 e. The zero-order chi connectivity index (χ0) is 12.3. The predicted molar refractivity (Wildman–Crippen MR) is 69.6 cm³/mol. The van der Waals surface area contributed by atoms with E-state index in [1.165, 1.54) is 11.3 Å². The van der Waals surface area contributed by atoms with E-state index in [9.17, 15) is 0 Å². The Kier molecular flexibility index (Phi) is 4.23. The Bertz CT molecular complexity index is 455. The highest BCUT2D eigenvalue weighted by Crippen LogP contribution is 2.31. The lowest BCUT2D eigenvalue weighted by molar-refractivity contribution is 0.242. The summed E-state index contributed by atoms with van der Waals surface area (Å²) >= 11 is 7.45. The van der Waals surface area contributed by atoms with Gasteiger partial charge in [0.05, 0.1) is 17.2 Å². The Hall–Kier alpha value is -0.810. The van der Waals surface area contributed by atoms with Crippen LogP contribution < -0.4 is 5.32 Å². The molecule has 0 saturated heterocycles. The topological polar surface area (TPSA) is 45.4 Å². The van der Waals surface area contributed by atoms with Crippen molar-refractivity contribution in [3.8, 4) is 0 Å². The fourth-order valence-electron chi connectivity index (χ4n) is 1.58. The van der Waals surface area contributed by atoms with Crippen LogP contribution in [0.1, 0.15) is 23.6 Å². The number of hydrogen-bond donors (Lipinski definition) is 2. The summed E-state index contributed by atoms with van der Waals surface area (Å²) in [4.78, 5) is 1.07. The summed E-state index contributed by atoms with van der Waals surface area (Å²) in [6.45, 7) is 2.00. The average Bonchev–Trinajstić information content (AvgIpc) is 2.96. The first-order valence-electron chi connectivity index (χ1n) is 5.36. The van der Waals surface area contributed by atoms with Gasteiger partial charge in [-0.2, -0.15) is 0 Å². The molecule has 0 bridgehead atoms. The molecule has 5 heteroatoms. The van der Waals surface area contributed by atoms with Crippen molar-refractivity contribution in [2.45, 2.75) is 19.0 Å². The van der Waals surface area contributed by atoms with Crippen molar-refractivity contribution in [3.63, 3.8) is 0 Å². The molecule has 2 rings (SSSR count). The van der Waals surface area contributed by atoms with E-state index in [0.29, 0.717) is 0 Å². The second-order valence-corrected chi connectivity index (χ2v) is 5.59. The maximum Gasteiger partial charge on any atom is 0.126 e. The number of aliphatic hydroxyl groups excluding tert-OH is 1. The minimum atomic E-state index is -0.0651. The van der Waals surface area contributed by atoms with E-state index in [-0.39, 0.29) is 18.7 Å². The fourth-order valence-corrected chi connectivity index (χ4v) is 2.71. The summed E-state index contributed by atoms with van der Waals surface area (Å²) in [7, 11) is 0. The number of thiophene rings is 1. The molecule has 0 saturated carbocycles. The van der Waals surface area contributed by atoms with Crippen molar-refractivity contribution < 1.29 is 9.52 Å². The molecule has 2 N–H and O–H groups in total. The number of furan rings is 1. The Morgan fingerprint density at radius 1 is 1.47 bits per heavy atom. The fraction of sp³-hybridized carbons (Fsp3) is 0.333. The van der Waals surface area contributed by atoms with Gasteiger partial charge in [0.2, 0.25) is 0 Å². The summed E-state index contributed by atoms with van der Waals surface area (Å²) in [6, 6.07) is 7.52. The van der Waals surface area contributed by atoms with Gasteiger partial charge < -0.3 is 9.52 Å². The molecule has 0 amide bonds. The lowest BCUT2D eigenvalue weighted by atomic mass is 10.1. The zero-order valence-corrected chi connectivity index (χ0v) is 11.0. The van der Waals surface area contributed by atoms with Crippen molar-refractivity contribution in [1.29, 1.82) is 0 Å². The van der Waals surface area contributed by atoms with Crippen molar-refractivity contribution in [2.24, 2.45) is 0 Å². The monoisotopic (exact) mass is 271 g/mol. The Morgan fingerprint density at radius 2 is 2.29 bits per heavy atom. The summed E-state index contributed by atoms with van der Waals surface area (Å²) in [5, 5.41) is 12.4. The van der Waals surface area contributed by atoms with E-state index < -0.39 is 0 Å². The van der Waals surface area contributed by atoms with Crippen molar-refractivity contribution in [1.82, 2.24) is 5.32 Å². The lowest BCUT2D eigenvalue weighted by Gasteiger charge is -2.19.